The molecule has 0 aliphatic carbocycles. The van der Waals surface area contributed by atoms with E-state index in [1.807, 2.05) is 30.3 Å². The van der Waals surface area contributed by atoms with Gasteiger partial charge in [0, 0.05) is 37.4 Å². The van der Waals surface area contributed by atoms with Gasteiger partial charge in [-0.3, -0.25) is 19.3 Å². The molecule has 2 aromatic carbocycles. The van der Waals surface area contributed by atoms with E-state index in [2.05, 4.69) is 11.5 Å². The minimum atomic E-state index is -0.506. The van der Waals surface area contributed by atoms with Gasteiger partial charge in [-0.1, -0.05) is 24.3 Å². The number of hydrogen-bond donors (Lipinski definition) is 1. The van der Waals surface area contributed by atoms with E-state index in [9.17, 15) is 19.5 Å². The molecular weight excluding hydrogens is 466 g/mol. The normalized spacial score (nSPS) is 17.3. The number of ether oxygens (including phenoxy) is 1. The molecule has 35 heavy (non-hydrogen) atoms. The number of para-hydroxylation sites is 1. The van der Waals surface area contributed by atoms with Gasteiger partial charge in [0.25, 0.3) is 11.1 Å². The average molecular weight is 494 g/mol. The van der Waals surface area contributed by atoms with E-state index in [1.54, 1.807) is 29.2 Å². The number of phenols is 1. The van der Waals surface area contributed by atoms with Crippen LogP contribution in [0.15, 0.2) is 60.0 Å². The van der Waals surface area contributed by atoms with Gasteiger partial charge in [0.2, 0.25) is 5.91 Å². The molecule has 1 N–H and O–H groups in total. The van der Waals surface area contributed by atoms with E-state index >= 15 is 0 Å². The van der Waals surface area contributed by atoms with E-state index in [1.165, 1.54) is 7.11 Å². The third-order valence-electron chi connectivity index (χ3n) is 5.98. The predicted molar refractivity (Wildman–Crippen MR) is 136 cm³/mol. The minimum Gasteiger partial charge on any atom is -0.504 e. The summed E-state index contributed by atoms with van der Waals surface area (Å²) in [6.07, 6.45) is 3.64. The number of nitrogens with zero attached hydrogens (tertiary/aromatic N) is 3. The molecule has 0 aromatic heterocycles. The molecule has 2 aromatic rings. The maximum Gasteiger partial charge on any atom is 0.294 e. The second-order valence-electron chi connectivity index (χ2n) is 8.19. The fourth-order valence-electron chi connectivity index (χ4n) is 4.12. The predicted octanol–water partition coefficient (Wildman–Crippen LogP) is 3.51. The number of benzene rings is 2. The topological polar surface area (TPSA) is 90.4 Å². The molecule has 0 spiro atoms. The van der Waals surface area contributed by atoms with Gasteiger partial charge >= 0.3 is 0 Å². The number of imide groups is 1. The van der Waals surface area contributed by atoms with E-state index in [4.69, 9.17) is 4.74 Å². The fourth-order valence-corrected chi connectivity index (χ4v) is 4.95. The summed E-state index contributed by atoms with van der Waals surface area (Å²) in [4.78, 5) is 43.5. The van der Waals surface area contributed by atoms with Crippen molar-refractivity contribution in [3.05, 3.63) is 71.2 Å². The Balaban J connectivity index is 1.42. The summed E-state index contributed by atoms with van der Waals surface area (Å²) in [6, 6.07) is 13.3. The minimum absolute atomic E-state index is 0.00983. The van der Waals surface area contributed by atoms with Gasteiger partial charge in [-0.2, -0.15) is 0 Å². The van der Waals surface area contributed by atoms with Crippen molar-refractivity contribution in [3.8, 4) is 11.5 Å². The summed E-state index contributed by atoms with van der Waals surface area (Å²) >= 11 is 0.796. The molecule has 2 saturated heterocycles. The molecule has 4 rings (SSSR count). The van der Waals surface area contributed by atoms with E-state index in [-0.39, 0.29) is 28.9 Å². The van der Waals surface area contributed by atoms with Crippen molar-refractivity contribution in [2.24, 2.45) is 0 Å². The molecule has 2 fully saturated rings. The van der Waals surface area contributed by atoms with E-state index in [0.717, 1.165) is 22.3 Å². The highest BCUT2D eigenvalue weighted by Gasteiger charge is 2.37. The first-order valence-electron chi connectivity index (χ1n) is 11.2. The van der Waals surface area contributed by atoms with Gasteiger partial charge in [0.15, 0.2) is 11.5 Å². The van der Waals surface area contributed by atoms with Crippen LogP contribution in [0.3, 0.4) is 0 Å². The zero-order valence-electron chi connectivity index (χ0n) is 19.5. The first kappa shape index (κ1) is 24.4. The Morgan fingerprint density at radius 1 is 1.14 bits per heavy atom. The lowest BCUT2D eigenvalue weighted by molar-refractivity contribution is -0.136. The molecule has 3 amide bonds. The number of anilines is 1. The monoisotopic (exact) mass is 493 g/mol. The molecule has 0 radical (unpaired) electrons. The second kappa shape index (κ2) is 10.7. The lowest BCUT2D eigenvalue weighted by atomic mass is 10.1. The van der Waals surface area contributed by atoms with Crippen molar-refractivity contribution in [1.29, 1.82) is 0 Å². The number of amides is 3. The van der Waals surface area contributed by atoms with Crippen molar-refractivity contribution in [1.82, 2.24) is 9.80 Å². The van der Waals surface area contributed by atoms with Crippen molar-refractivity contribution in [3.63, 3.8) is 0 Å². The maximum absolute atomic E-state index is 12.9. The molecule has 2 aliphatic heterocycles. The second-order valence-corrected chi connectivity index (χ2v) is 9.19. The van der Waals surface area contributed by atoms with Crippen molar-refractivity contribution < 1.29 is 24.2 Å². The molecule has 2 aliphatic rings. The third kappa shape index (κ3) is 5.35. The molecule has 2 heterocycles. The lowest BCUT2D eigenvalue weighted by Crippen LogP contribution is -2.51. The molecule has 0 atom stereocenters. The van der Waals surface area contributed by atoms with Crippen LogP contribution in [-0.2, 0) is 16.0 Å². The SMILES string of the molecule is C=CCc1cc(/C=C2/SC(=O)N(CC(=O)N3CCN(c4ccccc4)CC3)C2=O)cc(OC)c1O. The number of thioether (sulfide) groups is 1. The first-order valence-corrected chi connectivity index (χ1v) is 12.1. The van der Waals surface area contributed by atoms with Crippen LogP contribution in [0, 0.1) is 0 Å². The van der Waals surface area contributed by atoms with E-state index in [0.29, 0.717) is 43.7 Å². The highest BCUT2D eigenvalue weighted by Crippen LogP contribution is 2.36. The number of methoxy groups -OCH3 is 1. The zero-order chi connectivity index (χ0) is 24.9. The van der Waals surface area contributed by atoms with Crippen molar-refractivity contribution in [2.75, 3.05) is 44.7 Å². The maximum atomic E-state index is 12.9. The number of hydrogen-bond acceptors (Lipinski definition) is 7. The Bertz CT molecular complexity index is 1170. The van der Waals surface area contributed by atoms with Gasteiger partial charge in [-0.05, 0) is 54.1 Å². The molecule has 0 bridgehead atoms. The van der Waals surface area contributed by atoms with E-state index < -0.39 is 11.1 Å². The summed E-state index contributed by atoms with van der Waals surface area (Å²) in [6.45, 7) is 5.83. The van der Waals surface area contributed by atoms with Gasteiger partial charge in [-0.15, -0.1) is 6.58 Å². The van der Waals surface area contributed by atoms with Gasteiger partial charge in [0.05, 0.1) is 12.0 Å². The number of aromatic hydroxyl groups is 1. The van der Waals surface area contributed by atoms with Crippen LogP contribution in [0.2, 0.25) is 0 Å². The molecule has 0 unspecified atom stereocenters. The lowest BCUT2D eigenvalue weighted by Gasteiger charge is -2.36. The van der Waals surface area contributed by atoms with Crippen molar-refractivity contribution in [2.45, 2.75) is 6.42 Å². The number of carbonyl (C=O) groups is 3. The Kier molecular flexibility index (Phi) is 7.45. The Morgan fingerprint density at radius 3 is 2.51 bits per heavy atom. The van der Waals surface area contributed by atoms with Crippen LogP contribution < -0.4 is 9.64 Å². The fraction of sp³-hybridized carbons (Fsp3) is 0.269. The molecule has 182 valence electrons. The average Bonchev–Trinajstić information content (AvgIpc) is 3.13. The van der Waals surface area contributed by atoms with Crippen LogP contribution >= 0.6 is 11.8 Å². The third-order valence-corrected chi connectivity index (χ3v) is 6.89. The van der Waals surface area contributed by atoms with Gasteiger partial charge < -0.3 is 19.6 Å². The molecular formula is C26H27N3O5S. The Hall–Kier alpha value is -3.72. The van der Waals surface area contributed by atoms with Crippen LogP contribution in [0.4, 0.5) is 10.5 Å². The van der Waals surface area contributed by atoms with Crippen LogP contribution in [0.25, 0.3) is 6.08 Å². The first-order chi connectivity index (χ1) is 16.9. The summed E-state index contributed by atoms with van der Waals surface area (Å²) < 4.78 is 5.23. The molecule has 9 heteroatoms. The van der Waals surface area contributed by atoms with Crippen LogP contribution in [0.1, 0.15) is 11.1 Å². The summed E-state index contributed by atoms with van der Waals surface area (Å²) in [5.41, 5.74) is 2.30. The largest absolute Gasteiger partial charge is 0.504 e. The number of phenolic OH excluding ortho intramolecular Hbond substituents is 1. The summed E-state index contributed by atoms with van der Waals surface area (Å²) in [5.74, 6) is -0.482. The van der Waals surface area contributed by atoms with Crippen LogP contribution in [-0.4, -0.2) is 71.8 Å². The summed E-state index contributed by atoms with van der Waals surface area (Å²) in [7, 11) is 1.44. The number of allylic oxidation sites excluding steroid dienone is 1. The number of piperazine rings is 1. The van der Waals surface area contributed by atoms with Crippen molar-refractivity contribution >= 4 is 40.6 Å². The van der Waals surface area contributed by atoms with Gasteiger partial charge in [-0.25, -0.2) is 0 Å². The zero-order valence-corrected chi connectivity index (χ0v) is 20.3. The van der Waals surface area contributed by atoms with Gasteiger partial charge in [0.1, 0.15) is 6.54 Å². The standard InChI is InChI=1S/C26H27N3O5S/c1-3-7-19-14-18(15-21(34-2)24(19)31)16-22-25(32)29(26(33)35-22)17-23(30)28-12-10-27(11-13-28)20-8-5-4-6-9-20/h3-6,8-9,14-16,31H,1,7,10-13,17H2,2H3/b22-16+. The number of rotatable bonds is 7. The Labute approximate surface area is 208 Å². The quantitative estimate of drug-likeness (QED) is 0.466. The molecule has 8 nitrogen and oxygen atoms in total. The highest BCUT2D eigenvalue weighted by atomic mass is 32.2. The molecule has 0 saturated carbocycles. The Morgan fingerprint density at radius 2 is 1.86 bits per heavy atom. The highest BCUT2D eigenvalue weighted by molar-refractivity contribution is 8.18. The smallest absolute Gasteiger partial charge is 0.294 e. The van der Waals surface area contributed by atoms with Crippen LogP contribution in [0.5, 0.6) is 11.5 Å². The number of carbonyl (C=O) groups excluding carboxylic acids is 3. The summed E-state index contributed by atoms with van der Waals surface area (Å²) in [5, 5.41) is 9.80.